The number of halogens is 1. The molecule has 2 rings (SSSR count). The van der Waals surface area contributed by atoms with Crippen LogP contribution in [0.4, 0.5) is 0 Å². The molecule has 0 N–H and O–H groups in total. The van der Waals surface area contributed by atoms with Gasteiger partial charge in [0.2, 0.25) is 5.56 Å². The zero-order valence-corrected chi connectivity index (χ0v) is 13.5. The molecule has 2 aromatic rings. The summed E-state index contributed by atoms with van der Waals surface area (Å²) in [5, 5.41) is 0. The van der Waals surface area contributed by atoms with Gasteiger partial charge in [0.15, 0.2) is 0 Å². The summed E-state index contributed by atoms with van der Waals surface area (Å²) in [6, 6.07) is 15.9. The Morgan fingerprint density at radius 1 is 1.00 bits per heavy atom. The fourth-order valence-corrected chi connectivity index (χ4v) is 2.17. The number of rotatable bonds is 6. The van der Waals surface area contributed by atoms with E-state index in [1.165, 1.54) is 0 Å². The molecule has 0 aliphatic rings. The number of para-hydroxylation sites is 1. The SMILES string of the molecule is CCC(=O)Oc1ccccc1CC(=O)OC(Cl)c1ccccc1. The molecule has 0 aliphatic carbocycles. The molecule has 0 aliphatic heterocycles. The summed E-state index contributed by atoms with van der Waals surface area (Å²) < 4.78 is 10.4. The Labute approximate surface area is 140 Å². The van der Waals surface area contributed by atoms with E-state index in [9.17, 15) is 9.59 Å². The molecular formula is C18H17ClO4. The van der Waals surface area contributed by atoms with Gasteiger partial charge in [-0.1, -0.05) is 67.1 Å². The van der Waals surface area contributed by atoms with Crippen LogP contribution in [0, 0.1) is 0 Å². The highest BCUT2D eigenvalue weighted by Crippen LogP contribution is 2.24. The first-order valence-corrected chi connectivity index (χ1v) is 7.71. The molecule has 0 aromatic heterocycles. The summed E-state index contributed by atoms with van der Waals surface area (Å²) in [5.74, 6) is -0.485. The van der Waals surface area contributed by atoms with Gasteiger partial charge in [-0.05, 0) is 6.07 Å². The van der Waals surface area contributed by atoms with Crippen LogP contribution < -0.4 is 4.74 Å². The number of hydrogen-bond donors (Lipinski definition) is 0. The Kier molecular flexibility index (Phi) is 6.18. The third-order valence-electron chi connectivity index (χ3n) is 3.12. The van der Waals surface area contributed by atoms with Crippen LogP contribution in [0.15, 0.2) is 54.6 Å². The minimum Gasteiger partial charge on any atom is -0.441 e. The standard InChI is InChI=1S/C18H17ClO4/c1-2-16(20)22-15-11-7-6-10-14(15)12-17(21)23-18(19)13-8-4-3-5-9-13/h3-11,18H,2,12H2,1H3. The van der Waals surface area contributed by atoms with E-state index < -0.39 is 11.5 Å². The Morgan fingerprint density at radius 3 is 2.35 bits per heavy atom. The molecule has 120 valence electrons. The maximum absolute atomic E-state index is 12.1. The molecule has 0 amide bonds. The van der Waals surface area contributed by atoms with Gasteiger partial charge in [-0.25, -0.2) is 0 Å². The summed E-state index contributed by atoms with van der Waals surface area (Å²) in [7, 11) is 0. The molecule has 0 fully saturated rings. The van der Waals surface area contributed by atoms with Gasteiger partial charge in [0.25, 0.3) is 0 Å². The van der Waals surface area contributed by atoms with Crippen LogP contribution >= 0.6 is 11.6 Å². The van der Waals surface area contributed by atoms with Gasteiger partial charge in [0.1, 0.15) is 5.75 Å². The quantitative estimate of drug-likeness (QED) is 0.455. The molecule has 0 saturated heterocycles. The Bertz CT molecular complexity index is 670. The first-order valence-electron chi connectivity index (χ1n) is 7.27. The highest BCUT2D eigenvalue weighted by Gasteiger charge is 2.16. The van der Waals surface area contributed by atoms with Crippen LogP contribution in [-0.2, 0) is 20.7 Å². The molecule has 23 heavy (non-hydrogen) atoms. The third kappa shape index (κ3) is 5.11. The normalized spacial score (nSPS) is 11.6. The summed E-state index contributed by atoms with van der Waals surface area (Å²) in [5.41, 5.74) is 0.429. The fourth-order valence-electron chi connectivity index (χ4n) is 1.93. The molecule has 0 bridgehead atoms. The smallest absolute Gasteiger partial charge is 0.312 e. The Balaban J connectivity index is 2.01. The van der Waals surface area contributed by atoms with Crippen LogP contribution in [0.3, 0.4) is 0 Å². The van der Waals surface area contributed by atoms with Crippen molar-refractivity contribution in [1.29, 1.82) is 0 Å². The molecule has 0 heterocycles. The van der Waals surface area contributed by atoms with Gasteiger partial charge in [0.05, 0.1) is 6.42 Å². The fraction of sp³-hybridized carbons (Fsp3) is 0.222. The van der Waals surface area contributed by atoms with E-state index >= 15 is 0 Å². The molecule has 0 spiro atoms. The predicted octanol–water partition coefficient (Wildman–Crippen LogP) is 4.03. The number of esters is 2. The molecule has 4 nitrogen and oxygen atoms in total. The van der Waals surface area contributed by atoms with Crippen molar-refractivity contribution < 1.29 is 19.1 Å². The monoisotopic (exact) mass is 332 g/mol. The summed E-state index contributed by atoms with van der Waals surface area (Å²) in [6.07, 6.45) is 0.236. The maximum atomic E-state index is 12.1. The van der Waals surface area contributed by atoms with Gasteiger partial charge in [-0.2, -0.15) is 0 Å². The van der Waals surface area contributed by atoms with Crippen LogP contribution in [0.1, 0.15) is 30.0 Å². The van der Waals surface area contributed by atoms with E-state index in [0.717, 1.165) is 0 Å². The second-order valence-electron chi connectivity index (χ2n) is 4.83. The average Bonchev–Trinajstić information content (AvgIpc) is 2.57. The maximum Gasteiger partial charge on any atom is 0.312 e. The van der Waals surface area contributed by atoms with Crippen molar-refractivity contribution in [3.05, 3.63) is 65.7 Å². The number of carbonyl (C=O) groups is 2. The van der Waals surface area contributed by atoms with E-state index in [0.29, 0.717) is 16.9 Å². The average molecular weight is 333 g/mol. The first kappa shape index (κ1) is 17.0. The molecule has 1 unspecified atom stereocenters. The second kappa shape index (κ2) is 8.34. The summed E-state index contributed by atoms with van der Waals surface area (Å²) in [4.78, 5) is 23.5. The number of hydrogen-bond acceptors (Lipinski definition) is 4. The van der Waals surface area contributed by atoms with Crippen molar-refractivity contribution in [1.82, 2.24) is 0 Å². The summed E-state index contributed by atoms with van der Waals surface area (Å²) >= 11 is 6.09. The van der Waals surface area contributed by atoms with Crippen molar-refractivity contribution in [2.45, 2.75) is 25.3 Å². The number of ether oxygens (including phenoxy) is 2. The molecule has 5 heteroatoms. The predicted molar refractivity (Wildman–Crippen MR) is 87.2 cm³/mol. The van der Waals surface area contributed by atoms with Crippen LogP contribution in [-0.4, -0.2) is 11.9 Å². The van der Waals surface area contributed by atoms with Crippen LogP contribution in [0.2, 0.25) is 0 Å². The zero-order valence-electron chi connectivity index (χ0n) is 12.7. The topological polar surface area (TPSA) is 52.6 Å². The molecular weight excluding hydrogens is 316 g/mol. The minimum absolute atomic E-state index is 0.0246. The van der Waals surface area contributed by atoms with Gasteiger partial charge in [0, 0.05) is 17.5 Å². The lowest BCUT2D eigenvalue weighted by Gasteiger charge is -2.13. The Morgan fingerprint density at radius 2 is 1.65 bits per heavy atom. The van der Waals surface area contributed by atoms with Crippen molar-refractivity contribution >= 4 is 23.5 Å². The first-order chi connectivity index (χ1) is 11.1. The molecule has 0 saturated carbocycles. The van der Waals surface area contributed by atoms with Gasteiger partial charge < -0.3 is 9.47 Å². The lowest BCUT2D eigenvalue weighted by molar-refractivity contribution is -0.145. The highest BCUT2D eigenvalue weighted by atomic mass is 35.5. The van der Waals surface area contributed by atoms with Crippen LogP contribution in [0.5, 0.6) is 5.75 Å². The number of benzene rings is 2. The van der Waals surface area contributed by atoms with Gasteiger partial charge in [-0.15, -0.1) is 0 Å². The summed E-state index contributed by atoms with van der Waals surface area (Å²) in [6.45, 7) is 1.71. The zero-order chi connectivity index (χ0) is 16.7. The van der Waals surface area contributed by atoms with E-state index in [1.807, 2.05) is 18.2 Å². The largest absolute Gasteiger partial charge is 0.441 e. The third-order valence-corrected chi connectivity index (χ3v) is 3.46. The van der Waals surface area contributed by atoms with Crippen molar-refractivity contribution in [2.24, 2.45) is 0 Å². The Hall–Kier alpha value is -2.33. The van der Waals surface area contributed by atoms with Crippen molar-refractivity contribution in [2.75, 3.05) is 0 Å². The second-order valence-corrected chi connectivity index (χ2v) is 5.23. The molecule has 0 radical (unpaired) electrons. The van der Waals surface area contributed by atoms with E-state index in [-0.39, 0.29) is 18.8 Å². The minimum atomic E-state index is -0.853. The van der Waals surface area contributed by atoms with E-state index in [2.05, 4.69) is 0 Å². The van der Waals surface area contributed by atoms with Crippen molar-refractivity contribution in [3.63, 3.8) is 0 Å². The lowest BCUT2D eigenvalue weighted by Crippen LogP contribution is -2.12. The lowest BCUT2D eigenvalue weighted by atomic mass is 10.1. The van der Waals surface area contributed by atoms with Gasteiger partial charge in [-0.3, -0.25) is 9.59 Å². The van der Waals surface area contributed by atoms with E-state index in [1.54, 1.807) is 43.3 Å². The molecule has 2 aromatic carbocycles. The van der Waals surface area contributed by atoms with E-state index in [4.69, 9.17) is 21.1 Å². The van der Waals surface area contributed by atoms with Gasteiger partial charge >= 0.3 is 11.9 Å². The van der Waals surface area contributed by atoms with Crippen LogP contribution in [0.25, 0.3) is 0 Å². The number of carbonyl (C=O) groups excluding carboxylic acids is 2. The highest BCUT2D eigenvalue weighted by molar-refractivity contribution is 6.20. The number of alkyl halides is 1. The van der Waals surface area contributed by atoms with Crippen molar-refractivity contribution in [3.8, 4) is 5.75 Å². The molecule has 1 atom stereocenters.